The average molecular weight is 571 g/mol. The van der Waals surface area contributed by atoms with Gasteiger partial charge in [0.25, 0.3) is 0 Å². The molecule has 0 atom stereocenters. The highest BCUT2D eigenvalue weighted by Crippen LogP contribution is 2.46. The normalized spacial score (nSPS) is 12.0. The van der Waals surface area contributed by atoms with E-state index in [9.17, 15) is 0 Å². The van der Waals surface area contributed by atoms with Gasteiger partial charge in [0.05, 0.1) is 16.6 Å². The van der Waals surface area contributed by atoms with Gasteiger partial charge in [-0.05, 0) is 96.4 Å². The summed E-state index contributed by atoms with van der Waals surface area (Å²) in [6, 6.07) is 57.4. The molecule has 0 aliphatic rings. The molecule has 0 amide bonds. The Kier molecular flexibility index (Phi) is 5.03. The van der Waals surface area contributed by atoms with Crippen LogP contribution in [0, 0.1) is 0 Å². The van der Waals surface area contributed by atoms with Crippen LogP contribution in [-0.2, 0) is 0 Å². The zero-order chi connectivity index (χ0) is 29.5. The van der Waals surface area contributed by atoms with E-state index in [-0.39, 0.29) is 0 Å². The number of aromatic nitrogens is 2. The molecule has 0 aliphatic carbocycles. The summed E-state index contributed by atoms with van der Waals surface area (Å²) in [5, 5.41) is 11.2. The molecule has 2 nitrogen and oxygen atoms in total. The van der Waals surface area contributed by atoms with E-state index in [0.29, 0.717) is 0 Å². The van der Waals surface area contributed by atoms with Gasteiger partial charge < -0.3 is 0 Å². The molecule has 0 bridgehead atoms. The fourth-order valence-electron chi connectivity index (χ4n) is 7.56. The largest absolute Gasteiger partial charge is 0.292 e. The van der Waals surface area contributed by atoms with Gasteiger partial charge in [0, 0.05) is 10.8 Å². The molecule has 0 aliphatic heterocycles. The fraction of sp³-hybridized carbons (Fsp3) is 0. The maximum absolute atomic E-state index is 5.09. The summed E-state index contributed by atoms with van der Waals surface area (Å²) in [5.41, 5.74) is 9.32. The van der Waals surface area contributed by atoms with Gasteiger partial charge in [-0.2, -0.15) is 0 Å². The second-order valence-electron chi connectivity index (χ2n) is 11.9. The van der Waals surface area contributed by atoms with Crippen LogP contribution in [0.25, 0.3) is 92.9 Å². The Bertz CT molecular complexity index is 2810. The molecule has 10 rings (SSSR count). The lowest BCUT2D eigenvalue weighted by molar-refractivity contribution is 1.31. The Hall–Kier alpha value is -5.99. The molecule has 0 saturated carbocycles. The van der Waals surface area contributed by atoms with Crippen LogP contribution >= 0.6 is 0 Å². The number of imidazole rings is 1. The molecule has 10 aromatic rings. The number of pyridine rings is 1. The second kappa shape index (κ2) is 9.25. The van der Waals surface area contributed by atoms with E-state index in [1.54, 1.807) is 0 Å². The van der Waals surface area contributed by atoms with Gasteiger partial charge in [0.1, 0.15) is 5.65 Å². The SMILES string of the molecule is c1ccc(-c2c3ccccc3c(-c3ccc4c(c3)c3ccccc3c3nc5ccccc5n43)c3cc4ccccc4cc23)cc1. The van der Waals surface area contributed by atoms with Crippen LogP contribution in [-0.4, -0.2) is 9.38 Å². The van der Waals surface area contributed by atoms with Crippen LogP contribution in [0.2, 0.25) is 0 Å². The quantitative estimate of drug-likeness (QED) is 0.149. The minimum Gasteiger partial charge on any atom is -0.292 e. The number of fused-ring (bicyclic) bond motifs is 11. The van der Waals surface area contributed by atoms with Crippen molar-refractivity contribution in [2.24, 2.45) is 0 Å². The number of benzene rings is 8. The fourth-order valence-corrected chi connectivity index (χ4v) is 7.56. The molecular formula is C43H26N2. The zero-order valence-corrected chi connectivity index (χ0v) is 24.4. The molecule has 2 heteroatoms. The first-order chi connectivity index (χ1) is 22.3. The molecule has 208 valence electrons. The minimum absolute atomic E-state index is 1.00. The number of nitrogens with zero attached hydrogens (tertiary/aromatic N) is 2. The van der Waals surface area contributed by atoms with E-state index < -0.39 is 0 Å². The lowest BCUT2D eigenvalue weighted by atomic mass is 9.84. The lowest BCUT2D eigenvalue weighted by Crippen LogP contribution is -1.94. The average Bonchev–Trinajstić information content (AvgIpc) is 3.50. The second-order valence-corrected chi connectivity index (χ2v) is 11.9. The maximum atomic E-state index is 5.09. The molecule has 2 heterocycles. The Labute approximate surface area is 259 Å². The first kappa shape index (κ1) is 24.5. The van der Waals surface area contributed by atoms with Crippen molar-refractivity contribution in [1.82, 2.24) is 9.38 Å². The first-order valence-electron chi connectivity index (χ1n) is 15.5. The van der Waals surface area contributed by atoms with E-state index in [1.165, 1.54) is 76.2 Å². The monoisotopic (exact) mass is 570 g/mol. The van der Waals surface area contributed by atoms with Gasteiger partial charge in [-0.15, -0.1) is 0 Å². The maximum Gasteiger partial charge on any atom is 0.146 e. The third-order valence-corrected chi connectivity index (χ3v) is 9.50. The number of hydrogen-bond donors (Lipinski definition) is 0. The lowest BCUT2D eigenvalue weighted by Gasteiger charge is -2.19. The van der Waals surface area contributed by atoms with Gasteiger partial charge >= 0.3 is 0 Å². The van der Waals surface area contributed by atoms with Gasteiger partial charge in [-0.1, -0.05) is 121 Å². The van der Waals surface area contributed by atoms with Crippen molar-refractivity contribution < 1.29 is 0 Å². The molecule has 0 N–H and O–H groups in total. The number of hydrogen-bond acceptors (Lipinski definition) is 1. The van der Waals surface area contributed by atoms with E-state index in [1.807, 2.05) is 0 Å². The molecular weight excluding hydrogens is 544 g/mol. The molecule has 0 radical (unpaired) electrons. The molecule has 0 saturated heterocycles. The summed E-state index contributed by atoms with van der Waals surface area (Å²) in [6.45, 7) is 0. The van der Waals surface area contributed by atoms with Crippen LogP contribution < -0.4 is 0 Å². The van der Waals surface area contributed by atoms with E-state index in [2.05, 4.69) is 162 Å². The Morgan fingerprint density at radius 2 is 0.933 bits per heavy atom. The Morgan fingerprint density at radius 1 is 0.356 bits per heavy atom. The van der Waals surface area contributed by atoms with Crippen LogP contribution in [0.15, 0.2) is 158 Å². The topological polar surface area (TPSA) is 17.3 Å². The van der Waals surface area contributed by atoms with E-state index in [0.717, 1.165) is 16.7 Å². The van der Waals surface area contributed by atoms with Gasteiger partial charge in [0.2, 0.25) is 0 Å². The Morgan fingerprint density at radius 3 is 1.67 bits per heavy atom. The summed E-state index contributed by atoms with van der Waals surface area (Å²) in [7, 11) is 0. The van der Waals surface area contributed by atoms with Crippen LogP contribution in [0.3, 0.4) is 0 Å². The standard InChI is InChI=1S/C43H26N2/c1-2-12-27(13-3-1)41-32-17-7-8-18-33(32)42(37-25-29-15-5-4-14-28(29)24-36(37)41)30-22-23-39-35(26-30)31-16-6-9-19-34(31)43-44-38-20-10-11-21-40(38)45(39)43/h1-26H. The van der Waals surface area contributed by atoms with Crippen LogP contribution in [0.1, 0.15) is 0 Å². The van der Waals surface area contributed by atoms with Crippen molar-refractivity contribution in [1.29, 1.82) is 0 Å². The summed E-state index contributed by atoms with van der Waals surface area (Å²) >= 11 is 0. The number of para-hydroxylation sites is 2. The van der Waals surface area contributed by atoms with E-state index in [4.69, 9.17) is 4.98 Å². The van der Waals surface area contributed by atoms with Gasteiger partial charge in [-0.25, -0.2) is 4.98 Å². The summed E-state index contributed by atoms with van der Waals surface area (Å²) in [6.07, 6.45) is 0. The predicted molar refractivity (Wildman–Crippen MR) is 191 cm³/mol. The highest BCUT2D eigenvalue weighted by atomic mass is 15.0. The summed E-state index contributed by atoms with van der Waals surface area (Å²) in [4.78, 5) is 5.09. The molecule has 45 heavy (non-hydrogen) atoms. The smallest absolute Gasteiger partial charge is 0.146 e. The van der Waals surface area contributed by atoms with Crippen LogP contribution in [0.5, 0.6) is 0 Å². The van der Waals surface area contributed by atoms with Crippen molar-refractivity contribution in [3.63, 3.8) is 0 Å². The van der Waals surface area contributed by atoms with Gasteiger partial charge in [0.15, 0.2) is 0 Å². The van der Waals surface area contributed by atoms with E-state index >= 15 is 0 Å². The minimum atomic E-state index is 1.00. The van der Waals surface area contributed by atoms with Crippen molar-refractivity contribution in [3.05, 3.63) is 158 Å². The predicted octanol–water partition coefficient (Wildman–Crippen LogP) is 11.6. The highest BCUT2D eigenvalue weighted by molar-refractivity contribution is 6.24. The molecule has 0 fully saturated rings. The molecule has 8 aromatic carbocycles. The molecule has 0 unspecified atom stereocenters. The first-order valence-corrected chi connectivity index (χ1v) is 15.5. The van der Waals surface area contributed by atoms with Crippen molar-refractivity contribution in [3.8, 4) is 22.3 Å². The summed E-state index contributed by atoms with van der Waals surface area (Å²) in [5.74, 6) is 0. The number of rotatable bonds is 2. The summed E-state index contributed by atoms with van der Waals surface area (Å²) < 4.78 is 2.33. The Balaban J connectivity index is 1.39. The van der Waals surface area contributed by atoms with Gasteiger partial charge in [-0.3, -0.25) is 4.40 Å². The third-order valence-electron chi connectivity index (χ3n) is 9.50. The van der Waals surface area contributed by atoms with Crippen LogP contribution in [0.4, 0.5) is 0 Å². The van der Waals surface area contributed by atoms with Crippen molar-refractivity contribution >= 4 is 70.7 Å². The molecule has 2 aromatic heterocycles. The van der Waals surface area contributed by atoms with Crippen molar-refractivity contribution in [2.45, 2.75) is 0 Å². The van der Waals surface area contributed by atoms with Crippen molar-refractivity contribution in [2.75, 3.05) is 0 Å². The molecule has 0 spiro atoms. The highest BCUT2D eigenvalue weighted by Gasteiger charge is 2.19. The third kappa shape index (κ3) is 3.48. The zero-order valence-electron chi connectivity index (χ0n) is 24.4.